The highest BCUT2D eigenvalue weighted by Crippen LogP contribution is 2.23. The lowest BCUT2D eigenvalue weighted by Crippen LogP contribution is -1.93. The van der Waals surface area contributed by atoms with Gasteiger partial charge < -0.3 is 0 Å². The largest absolute Gasteiger partial charge is 0.205 e. The molecule has 0 atom stereocenters. The fourth-order valence-electron chi connectivity index (χ4n) is 4.82. The molecular formula is C37H39F. The first-order valence-corrected chi connectivity index (χ1v) is 14.2. The maximum Gasteiger partial charge on any atom is 0.146 e. The Morgan fingerprint density at radius 3 is 2.00 bits per heavy atom. The summed E-state index contributed by atoms with van der Waals surface area (Å²) in [5.41, 5.74) is 6.67. The Kier molecular flexibility index (Phi) is 10.3. The Bertz CT molecular complexity index is 1400. The zero-order chi connectivity index (χ0) is 26.6. The molecule has 0 amide bonds. The van der Waals surface area contributed by atoms with Crippen LogP contribution in [0.4, 0.5) is 4.39 Å². The standard InChI is InChI=1S/C37H39F/c1-3-5-7-9-11-33-23-27-36-35(28-33)26-25-34(37(36)38)24-22-32-20-18-31(19-21-32)17-16-30-14-12-29(13-15-30)10-8-6-4-2/h4,6,12-15,18-21,23,25-28H,3,5,7-11,16-17H2,1-2H3/b6-4+. The van der Waals surface area contributed by atoms with Crippen molar-refractivity contribution < 1.29 is 4.39 Å². The SMILES string of the molecule is C/C=C/CCc1ccc(CCc2ccc(C#Cc3ccc4cc(CCCCCC)ccc4c3F)cc2)cc1. The number of allylic oxidation sites excluding steroid dienone is 2. The molecule has 0 fully saturated rings. The first-order chi connectivity index (χ1) is 18.7. The second kappa shape index (κ2) is 14.3. The van der Waals surface area contributed by atoms with Crippen LogP contribution in [0, 0.1) is 17.7 Å². The van der Waals surface area contributed by atoms with E-state index in [-0.39, 0.29) is 5.82 Å². The average molecular weight is 503 g/mol. The van der Waals surface area contributed by atoms with Gasteiger partial charge in [0.1, 0.15) is 5.82 Å². The van der Waals surface area contributed by atoms with Gasteiger partial charge in [0.25, 0.3) is 0 Å². The van der Waals surface area contributed by atoms with E-state index < -0.39 is 0 Å². The van der Waals surface area contributed by atoms with Crippen molar-refractivity contribution in [3.8, 4) is 11.8 Å². The first kappa shape index (κ1) is 27.4. The summed E-state index contributed by atoms with van der Waals surface area (Å²) in [5, 5.41) is 1.60. The van der Waals surface area contributed by atoms with E-state index in [9.17, 15) is 0 Å². The molecule has 0 bridgehead atoms. The highest BCUT2D eigenvalue weighted by Gasteiger charge is 2.07. The summed E-state index contributed by atoms with van der Waals surface area (Å²) in [6.45, 7) is 4.29. The average Bonchev–Trinajstić information content (AvgIpc) is 2.95. The van der Waals surface area contributed by atoms with Crippen LogP contribution in [0.25, 0.3) is 10.8 Å². The number of hydrogen-bond acceptors (Lipinski definition) is 0. The molecule has 4 aromatic carbocycles. The van der Waals surface area contributed by atoms with Crippen LogP contribution in [-0.4, -0.2) is 0 Å². The van der Waals surface area contributed by atoms with Crippen molar-refractivity contribution in [1.29, 1.82) is 0 Å². The zero-order valence-corrected chi connectivity index (χ0v) is 22.9. The molecule has 0 unspecified atom stereocenters. The van der Waals surface area contributed by atoms with Gasteiger partial charge in [-0.05, 0) is 91.3 Å². The number of fused-ring (bicyclic) bond motifs is 1. The van der Waals surface area contributed by atoms with Gasteiger partial charge in [-0.25, -0.2) is 4.39 Å². The molecule has 1 heteroatoms. The Morgan fingerprint density at radius 2 is 1.32 bits per heavy atom. The maximum atomic E-state index is 15.2. The van der Waals surface area contributed by atoms with Crippen molar-refractivity contribution in [2.45, 2.75) is 71.6 Å². The molecule has 4 aromatic rings. The molecule has 0 aliphatic carbocycles. The lowest BCUT2D eigenvalue weighted by Gasteiger charge is -2.06. The molecule has 0 aromatic heterocycles. The predicted molar refractivity (Wildman–Crippen MR) is 161 cm³/mol. The molecule has 0 spiro atoms. The van der Waals surface area contributed by atoms with E-state index in [2.05, 4.69) is 86.4 Å². The third-order valence-electron chi connectivity index (χ3n) is 7.19. The molecule has 0 heterocycles. The van der Waals surface area contributed by atoms with Crippen LogP contribution in [0.1, 0.15) is 79.3 Å². The quantitative estimate of drug-likeness (QED) is 0.109. The number of hydrogen-bond donors (Lipinski definition) is 0. The van der Waals surface area contributed by atoms with Gasteiger partial charge in [0.2, 0.25) is 0 Å². The fraction of sp³-hybridized carbons (Fsp3) is 0.297. The molecular weight excluding hydrogens is 463 g/mol. The van der Waals surface area contributed by atoms with Gasteiger partial charge in [-0.3, -0.25) is 0 Å². The summed E-state index contributed by atoms with van der Waals surface area (Å²) in [7, 11) is 0. The highest BCUT2D eigenvalue weighted by atomic mass is 19.1. The van der Waals surface area contributed by atoms with E-state index >= 15 is 4.39 Å². The summed E-state index contributed by atoms with van der Waals surface area (Å²) in [6, 6.07) is 27.2. The second-order valence-corrected chi connectivity index (χ2v) is 10.2. The lowest BCUT2D eigenvalue weighted by atomic mass is 10.00. The van der Waals surface area contributed by atoms with E-state index in [1.54, 1.807) is 0 Å². The Morgan fingerprint density at radius 1 is 0.658 bits per heavy atom. The van der Waals surface area contributed by atoms with Gasteiger partial charge in [0.15, 0.2) is 0 Å². The number of aryl methyl sites for hydroxylation is 4. The maximum absolute atomic E-state index is 15.2. The molecule has 0 saturated heterocycles. The normalized spacial score (nSPS) is 11.1. The Balaban J connectivity index is 1.34. The predicted octanol–water partition coefficient (Wildman–Crippen LogP) is 9.80. The third kappa shape index (κ3) is 7.93. The fourth-order valence-corrected chi connectivity index (χ4v) is 4.82. The van der Waals surface area contributed by atoms with E-state index in [1.807, 2.05) is 30.3 Å². The highest BCUT2D eigenvalue weighted by molar-refractivity contribution is 5.85. The number of benzene rings is 4. The van der Waals surface area contributed by atoms with Crippen LogP contribution in [-0.2, 0) is 25.7 Å². The van der Waals surface area contributed by atoms with E-state index in [0.717, 1.165) is 43.1 Å². The van der Waals surface area contributed by atoms with E-state index in [0.29, 0.717) is 10.9 Å². The van der Waals surface area contributed by atoms with Crippen molar-refractivity contribution >= 4 is 10.8 Å². The van der Waals surface area contributed by atoms with Gasteiger partial charge in [0.05, 0.1) is 5.56 Å². The summed E-state index contributed by atoms with van der Waals surface area (Å²) in [5.74, 6) is 5.98. The molecule has 0 aliphatic rings. The van der Waals surface area contributed by atoms with Crippen LogP contribution >= 0.6 is 0 Å². The van der Waals surface area contributed by atoms with Crippen LogP contribution < -0.4 is 0 Å². The summed E-state index contributed by atoms with van der Waals surface area (Å²) >= 11 is 0. The van der Waals surface area contributed by atoms with Crippen LogP contribution in [0.5, 0.6) is 0 Å². The van der Waals surface area contributed by atoms with E-state index in [4.69, 9.17) is 0 Å². The van der Waals surface area contributed by atoms with Crippen LogP contribution in [0.2, 0.25) is 0 Å². The molecule has 0 N–H and O–H groups in total. The van der Waals surface area contributed by atoms with Crippen molar-refractivity contribution in [3.63, 3.8) is 0 Å². The van der Waals surface area contributed by atoms with Gasteiger partial charge in [0, 0.05) is 10.9 Å². The van der Waals surface area contributed by atoms with Crippen LogP contribution in [0.15, 0.2) is 91.0 Å². The molecule has 194 valence electrons. The van der Waals surface area contributed by atoms with Gasteiger partial charge in [-0.15, -0.1) is 0 Å². The molecule has 38 heavy (non-hydrogen) atoms. The topological polar surface area (TPSA) is 0 Å². The minimum Gasteiger partial charge on any atom is -0.205 e. The molecule has 0 nitrogen and oxygen atoms in total. The lowest BCUT2D eigenvalue weighted by molar-refractivity contribution is 0.636. The third-order valence-corrected chi connectivity index (χ3v) is 7.19. The van der Waals surface area contributed by atoms with Gasteiger partial charge in [-0.2, -0.15) is 0 Å². The smallest absolute Gasteiger partial charge is 0.146 e. The molecule has 4 rings (SSSR count). The minimum atomic E-state index is -0.225. The number of unbranched alkanes of at least 4 members (excludes halogenated alkanes) is 3. The number of rotatable bonds is 11. The molecule has 0 aliphatic heterocycles. The monoisotopic (exact) mass is 502 g/mol. The summed E-state index contributed by atoms with van der Waals surface area (Å²) < 4.78 is 15.2. The number of halogens is 1. The second-order valence-electron chi connectivity index (χ2n) is 10.2. The van der Waals surface area contributed by atoms with Gasteiger partial charge >= 0.3 is 0 Å². The van der Waals surface area contributed by atoms with Crippen molar-refractivity contribution in [2.75, 3.05) is 0 Å². The van der Waals surface area contributed by atoms with Crippen molar-refractivity contribution in [2.24, 2.45) is 0 Å². The van der Waals surface area contributed by atoms with Crippen LogP contribution in [0.3, 0.4) is 0 Å². The summed E-state index contributed by atoms with van der Waals surface area (Å²) in [4.78, 5) is 0. The Hall–Kier alpha value is -3.63. The van der Waals surface area contributed by atoms with Crippen molar-refractivity contribution in [3.05, 3.63) is 130 Å². The molecule has 0 saturated carbocycles. The van der Waals surface area contributed by atoms with Gasteiger partial charge in [-0.1, -0.05) is 111 Å². The summed E-state index contributed by atoms with van der Waals surface area (Å²) in [6.07, 6.45) is 14.5. The Labute approximate surface area is 228 Å². The minimum absolute atomic E-state index is 0.225. The molecule has 0 radical (unpaired) electrons. The van der Waals surface area contributed by atoms with E-state index in [1.165, 1.54) is 47.9 Å². The first-order valence-electron chi connectivity index (χ1n) is 14.2. The van der Waals surface area contributed by atoms with Crippen molar-refractivity contribution in [1.82, 2.24) is 0 Å². The zero-order valence-electron chi connectivity index (χ0n) is 22.9.